The number of ether oxygens (including phenoxy) is 1. The zero-order valence-corrected chi connectivity index (χ0v) is 9.32. The molecule has 0 aromatic carbocycles. The van der Waals surface area contributed by atoms with Crippen molar-refractivity contribution in [3.63, 3.8) is 0 Å². The first-order valence-electron chi connectivity index (χ1n) is 5.54. The van der Waals surface area contributed by atoms with Crippen LogP contribution in [0, 0.1) is 6.92 Å². The Morgan fingerprint density at radius 3 is 3.19 bits per heavy atom. The van der Waals surface area contributed by atoms with Gasteiger partial charge in [-0.1, -0.05) is 0 Å². The van der Waals surface area contributed by atoms with Crippen LogP contribution < -0.4 is 5.32 Å². The highest BCUT2D eigenvalue weighted by Gasteiger charge is 2.17. The minimum atomic E-state index is -0.0606. The van der Waals surface area contributed by atoms with Crippen LogP contribution in [0.15, 0.2) is 0 Å². The van der Waals surface area contributed by atoms with Gasteiger partial charge in [-0.15, -0.1) is 5.10 Å². The van der Waals surface area contributed by atoms with E-state index < -0.39 is 0 Å². The zero-order valence-electron chi connectivity index (χ0n) is 9.32. The lowest BCUT2D eigenvalue weighted by Gasteiger charge is -2.07. The van der Waals surface area contributed by atoms with Gasteiger partial charge in [0.15, 0.2) is 0 Å². The number of hydrogen-bond donors (Lipinski definition) is 2. The number of carbonyl (C=O) groups excluding carboxylic acids is 1. The van der Waals surface area contributed by atoms with Crippen molar-refractivity contribution in [3.8, 4) is 0 Å². The van der Waals surface area contributed by atoms with Crippen molar-refractivity contribution >= 4 is 11.9 Å². The summed E-state index contributed by atoms with van der Waals surface area (Å²) in [7, 11) is 0. The largest absolute Gasteiger partial charge is 0.378 e. The monoisotopic (exact) mass is 224 g/mol. The molecule has 1 amide bonds. The van der Waals surface area contributed by atoms with E-state index in [1.54, 1.807) is 6.92 Å². The van der Waals surface area contributed by atoms with Crippen molar-refractivity contribution in [2.75, 3.05) is 11.9 Å². The fourth-order valence-corrected chi connectivity index (χ4v) is 1.75. The van der Waals surface area contributed by atoms with Gasteiger partial charge in [-0.05, 0) is 26.2 Å². The first-order valence-corrected chi connectivity index (χ1v) is 5.54. The number of H-pyrrole nitrogens is 1. The number of aromatic nitrogens is 3. The molecule has 0 bridgehead atoms. The summed E-state index contributed by atoms with van der Waals surface area (Å²) in [4.78, 5) is 15.5. The molecule has 0 radical (unpaired) electrons. The number of anilines is 1. The molecule has 0 aliphatic carbocycles. The number of rotatable bonds is 4. The molecule has 1 saturated heterocycles. The van der Waals surface area contributed by atoms with Crippen LogP contribution in [-0.4, -0.2) is 33.8 Å². The average Bonchev–Trinajstić information content (AvgIpc) is 2.87. The van der Waals surface area contributed by atoms with Gasteiger partial charge in [0.1, 0.15) is 5.82 Å². The quantitative estimate of drug-likeness (QED) is 0.800. The van der Waals surface area contributed by atoms with Crippen LogP contribution in [0.3, 0.4) is 0 Å². The molecule has 1 aliphatic heterocycles. The maximum Gasteiger partial charge on any atom is 0.248 e. The second kappa shape index (κ2) is 5.07. The van der Waals surface area contributed by atoms with Gasteiger partial charge in [-0.2, -0.15) is 4.98 Å². The van der Waals surface area contributed by atoms with E-state index in [0.717, 1.165) is 25.9 Å². The van der Waals surface area contributed by atoms with Crippen LogP contribution in [0.2, 0.25) is 0 Å². The van der Waals surface area contributed by atoms with Crippen LogP contribution in [0.5, 0.6) is 0 Å². The van der Waals surface area contributed by atoms with Gasteiger partial charge in [0.25, 0.3) is 0 Å². The highest BCUT2D eigenvalue weighted by molar-refractivity contribution is 5.88. The maximum atomic E-state index is 11.5. The van der Waals surface area contributed by atoms with E-state index in [9.17, 15) is 4.79 Å². The lowest BCUT2D eigenvalue weighted by molar-refractivity contribution is -0.116. The third-order valence-electron chi connectivity index (χ3n) is 2.57. The Balaban J connectivity index is 1.71. The molecule has 1 atom stereocenters. The molecule has 6 heteroatoms. The molecular weight excluding hydrogens is 208 g/mol. The van der Waals surface area contributed by atoms with E-state index in [1.165, 1.54) is 0 Å². The lowest BCUT2D eigenvalue weighted by Crippen LogP contribution is -2.16. The smallest absolute Gasteiger partial charge is 0.248 e. The standard InChI is InChI=1S/C10H16N4O2/c1-7-11-10(14-13-7)12-9(15)5-4-8-3-2-6-16-8/h8H,2-6H2,1H3,(H2,11,12,13,14,15). The van der Waals surface area contributed by atoms with Gasteiger partial charge < -0.3 is 4.74 Å². The minimum Gasteiger partial charge on any atom is -0.378 e. The van der Waals surface area contributed by atoms with E-state index in [-0.39, 0.29) is 12.0 Å². The normalized spacial score (nSPS) is 19.9. The number of nitrogens with zero attached hydrogens (tertiary/aromatic N) is 2. The second-order valence-electron chi connectivity index (χ2n) is 3.97. The molecule has 1 aliphatic rings. The van der Waals surface area contributed by atoms with Crippen LogP contribution in [0.25, 0.3) is 0 Å². The number of amides is 1. The molecule has 1 aromatic heterocycles. The lowest BCUT2D eigenvalue weighted by atomic mass is 10.1. The van der Waals surface area contributed by atoms with Crippen LogP contribution in [-0.2, 0) is 9.53 Å². The molecule has 2 rings (SSSR count). The molecule has 88 valence electrons. The Morgan fingerprint density at radius 1 is 1.69 bits per heavy atom. The highest BCUT2D eigenvalue weighted by Crippen LogP contribution is 2.16. The van der Waals surface area contributed by atoms with Crippen LogP contribution in [0.1, 0.15) is 31.5 Å². The fourth-order valence-electron chi connectivity index (χ4n) is 1.75. The van der Waals surface area contributed by atoms with E-state index in [4.69, 9.17) is 4.74 Å². The molecule has 0 saturated carbocycles. The highest BCUT2D eigenvalue weighted by atomic mass is 16.5. The Hall–Kier alpha value is -1.43. The first kappa shape index (κ1) is 11.1. The summed E-state index contributed by atoms with van der Waals surface area (Å²) in [5, 5.41) is 9.15. The van der Waals surface area contributed by atoms with Crippen molar-refractivity contribution in [3.05, 3.63) is 5.82 Å². The molecule has 2 N–H and O–H groups in total. The van der Waals surface area contributed by atoms with Crippen molar-refractivity contribution in [1.29, 1.82) is 0 Å². The van der Waals surface area contributed by atoms with Gasteiger partial charge in [0, 0.05) is 13.0 Å². The van der Waals surface area contributed by atoms with Crippen molar-refractivity contribution in [2.24, 2.45) is 0 Å². The number of hydrogen-bond acceptors (Lipinski definition) is 4. The topological polar surface area (TPSA) is 79.9 Å². The maximum absolute atomic E-state index is 11.5. The Kier molecular flexibility index (Phi) is 3.51. The van der Waals surface area contributed by atoms with Gasteiger partial charge >= 0.3 is 0 Å². The number of nitrogens with one attached hydrogen (secondary N) is 2. The fraction of sp³-hybridized carbons (Fsp3) is 0.700. The molecule has 16 heavy (non-hydrogen) atoms. The summed E-state index contributed by atoms with van der Waals surface area (Å²) >= 11 is 0. The predicted molar refractivity (Wildman–Crippen MR) is 58.0 cm³/mol. The van der Waals surface area contributed by atoms with E-state index in [0.29, 0.717) is 18.2 Å². The van der Waals surface area contributed by atoms with Gasteiger partial charge in [-0.25, -0.2) is 0 Å². The molecule has 0 spiro atoms. The van der Waals surface area contributed by atoms with Gasteiger partial charge in [0.2, 0.25) is 11.9 Å². The zero-order chi connectivity index (χ0) is 11.4. The van der Waals surface area contributed by atoms with Gasteiger partial charge in [0.05, 0.1) is 6.10 Å². The molecule has 1 fully saturated rings. The summed E-state index contributed by atoms with van der Waals surface area (Å²) in [6.07, 6.45) is 3.65. The first-order chi connectivity index (χ1) is 7.74. The van der Waals surface area contributed by atoms with Crippen molar-refractivity contribution < 1.29 is 9.53 Å². The molecular formula is C10H16N4O2. The average molecular weight is 224 g/mol. The van der Waals surface area contributed by atoms with E-state index in [2.05, 4.69) is 20.5 Å². The van der Waals surface area contributed by atoms with Crippen molar-refractivity contribution in [2.45, 2.75) is 38.7 Å². The van der Waals surface area contributed by atoms with Gasteiger partial charge in [-0.3, -0.25) is 15.2 Å². The molecule has 1 unspecified atom stereocenters. The SMILES string of the molecule is Cc1nc(NC(=O)CCC2CCCO2)n[nH]1. The Labute approximate surface area is 93.8 Å². The Bertz CT molecular complexity index is 357. The summed E-state index contributed by atoms with van der Waals surface area (Å²) in [5.74, 6) is 0.971. The summed E-state index contributed by atoms with van der Waals surface area (Å²) in [5.41, 5.74) is 0. The third-order valence-corrected chi connectivity index (χ3v) is 2.57. The summed E-state index contributed by atoms with van der Waals surface area (Å²) in [6, 6.07) is 0. The molecule has 2 heterocycles. The summed E-state index contributed by atoms with van der Waals surface area (Å²) in [6.45, 7) is 2.61. The van der Waals surface area contributed by atoms with E-state index in [1.807, 2.05) is 0 Å². The number of aromatic amines is 1. The number of aryl methyl sites for hydroxylation is 1. The number of carbonyl (C=O) groups is 1. The van der Waals surface area contributed by atoms with Crippen molar-refractivity contribution in [1.82, 2.24) is 15.2 Å². The second-order valence-corrected chi connectivity index (χ2v) is 3.97. The van der Waals surface area contributed by atoms with Crippen LogP contribution >= 0.6 is 0 Å². The summed E-state index contributed by atoms with van der Waals surface area (Å²) < 4.78 is 5.44. The molecule has 6 nitrogen and oxygen atoms in total. The van der Waals surface area contributed by atoms with E-state index >= 15 is 0 Å². The van der Waals surface area contributed by atoms with Crippen LogP contribution in [0.4, 0.5) is 5.95 Å². The third kappa shape index (κ3) is 3.03. The Morgan fingerprint density at radius 2 is 2.56 bits per heavy atom. The molecule has 1 aromatic rings. The predicted octanol–water partition coefficient (Wildman–Crippen LogP) is 1.01. The minimum absolute atomic E-state index is 0.0606.